The number of nitrogens with two attached hydrogens (primary N) is 1. The summed E-state index contributed by atoms with van der Waals surface area (Å²) >= 11 is 12.0. The van der Waals surface area contributed by atoms with Gasteiger partial charge in [0.2, 0.25) is 0 Å². The van der Waals surface area contributed by atoms with Gasteiger partial charge in [0.1, 0.15) is 0 Å². The molecule has 1 aliphatic rings. The van der Waals surface area contributed by atoms with Gasteiger partial charge in [0, 0.05) is 5.69 Å². The lowest BCUT2D eigenvalue weighted by Gasteiger charge is -2.22. The summed E-state index contributed by atoms with van der Waals surface area (Å²) in [6, 6.07) is 2.75. The Morgan fingerprint density at radius 3 is 2.70 bits per heavy atom. The summed E-state index contributed by atoms with van der Waals surface area (Å²) in [5.74, 6) is -0.352. The van der Waals surface area contributed by atoms with Crippen LogP contribution in [-0.4, -0.2) is 23.2 Å². The summed E-state index contributed by atoms with van der Waals surface area (Å²) in [7, 11) is 0. The van der Waals surface area contributed by atoms with E-state index < -0.39 is 6.10 Å². The molecule has 1 amide bonds. The molecule has 0 radical (unpaired) electrons. The van der Waals surface area contributed by atoms with Crippen LogP contribution in [-0.2, 0) is 0 Å². The van der Waals surface area contributed by atoms with Crippen molar-refractivity contribution in [3.05, 3.63) is 27.7 Å². The van der Waals surface area contributed by atoms with E-state index >= 15 is 0 Å². The van der Waals surface area contributed by atoms with Crippen molar-refractivity contribution < 1.29 is 9.90 Å². The fraction of sp³-hybridized carbons (Fsp3) is 0.500. The molecule has 0 aromatic heterocycles. The van der Waals surface area contributed by atoms with E-state index in [4.69, 9.17) is 28.9 Å². The number of amides is 1. The zero-order chi connectivity index (χ0) is 14.7. The number of halogens is 2. The van der Waals surface area contributed by atoms with Gasteiger partial charge in [-0.1, -0.05) is 42.5 Å². The number of hydrogen-bond donors (Lipinski definition) is 3. The van der Waals surface area contributed by atoms with Gasteiger partial charge in [0.15, 0.2) is 0 Å². The number of anilines is 1. The van der Waals surface area contributed by atoms with Crippen molar-refractivity contribution in [1.82, 2.24) is 5.32 Å². The van der Waals surface area contributed by atoms with Crippen LogP contribution in [0.3, 0.4) is 0 Å². The van der Waals surface area contributed by atoms with Gasteiger partial charge in [-0.15, -0.1) is 0 Å². The van der Waals surface area contributed by atoms with Crippen molar-refractivity contribution in [1.29, 1.82) is 0 Å². The Labute approximate surface area is 128 Å². The highest BCUT2D eigenvalue weighted by molar-refractivity contribution is 6.44. The number of nitrogens with one attached hydrogen (secondary N) is 1. The van der Waals surface area contributed by atoms with Gasteiger partial charge in [-0.25, -0.2) is 0 Å². The van der Waals surface area contributed by atoms with E-state index in [0.717, 1.165) is 25.7 Å². The third kappa shape index (κ3) is 3.57. The Kier molecular flexibility index (Phi) is 5.13. The second kappa shape index (κ2) is 6.66. The highest BCUT2D eigenvalue weighted by atomic mass is 35.5. The Morgan fingerprint density at radius 2 is 1.95 bits per heavy atom. The maximum atomic E-state index is 12.3. The number of nitrogen functional groups attached to an aromatic ring is 1. The summed E-state index contributed by atoms with van der Waals surface area (Å²) in [6.07, 6.45) is 4.01. The molecule has 110 valence electrons. The molecular formula is C14H18Cl2N2O2. The molecule has 1 saturated carbocycles. The summed E-state index contributed by atoms with van der Waals surface area (Å²) in [5.41, 5.74) is 6.30. The summed E-state index contributed by atoms with van der Waals surface area (Å²) < 4.78 is 0. The molecule has 4 N–H and O–H groups in total. The average molecular weight is 317 g/mol. The summed E-state index contributed by atoms with van der Waals surface area (Å²) in [4.78, 5) is 12.3. The van der Waals surface area contributed by atoms with E-state index in [1.807, 2.05) is 0 Å². The zero-order valence-electron chi connectivity index (χ0n) is 11.0. The van der Waals surface area contributed by atoms with Crippen LogP contribution in [0.25, 0.3) is 0 Å². The lowest BCUT2D eigenvalue weighted by Crippen LogP contribution is -2.42. The molecule has 0 saturated heterocycles. The third-order valence-electron chi connectivity index (χ3n) is 3.59. The normalized spacial score (nSPS) is 23.1. The van der Waals surface area contributed by atoms with Gasteiger partial charge in [0.25, 0.3) is 5.91 Å². The third-order valence-corrected chi connectivity index (χ3v) is 4.39. The molecule has 4 nitrogen and oxygen atoms in total. The van der Waals surface area contributed by atoms with Crippen LogP contribution < -0.4 is 11.1 Å². The number of carbonyl (C=O) groups is 1. The zero-order valence-corrected chi connectivity index (χ0v) is 12.5. The maximum Gasteiger partial charge on any atom is 0.253 e. The predicted molar refractivity (Wildman–Crippen MR) is 81.2 cm³/mol. The molecule has 6 heteroatoms. The molecule has 1 aliphatic carbocycles. The summed E-state index contributed by atoms with van der Waals surface area (Å²) in [6.45, 7) is 0. The van der Waals surface area contributed by atoms with E-state index in [9.17, 15) is 9.90 Å². The fourth-order valence-electron chi connectivity index (χ4n) is 2.48. The predicted octanol–water partition coefficient (Wildman–Crippen LogP) is 3.00. The number of aliphatic hydroxyl groups excluding tert-OH is 1. The molecule has 0 aliphatic heterocycles. The minimum absolute atomic E-state index is 0.182. The van der Waals surface area contributed by atoms with E-state index in [0.29, 0.717) is 12.1 Å². The highest BCUT2D eigenvalue weighted by Gasteiger charge is 2.25. The second-order valence-electron chi connectivity index (χ2n) is 5.15. The standard InChI is InChI=1S/C14H18Cl2N2O2/c15-10-7-8(17)6-9(13(10)16)14(20)18-11-4-2-1-3-5-12(11)19/h6-7,11-12,19H,1-5,17H2,(H,18,20). The van der Waals surface area contributed by atoms with E-state index in [1.165, 1.54) is 12.1 Å². The molecule has 1 aromatic carbocycles. The van der Waals surface area contributed by atoms with E-state index in [-0.39, 0.29) is 27.6 Å². The van der Waals surface area contributed by atoms with Crippen LogP contribution in [0.1, 0.15) is 42.5 Å². The van der Waals surface area contributed by atoms with Crippen LogP contribution in [0.2, 0.25) is 10.0 Å². The van der Waals surface area contributed by atoms with Crippen molar-refractivity contribution in [2.75, 3.05) is 5.73 Å². The lowest BCUT2D eigenvalue weighted by molar-refractivity contribution is 0.0819. The first-order chi connectivity index (χ1) is 9.49. The molecule has 1 fully saturated rings. The molecule has 0 spiro atoms. The molecule has 1 aromatic rings. The average Bonchev–Trinajstić information content (AvgIpc) is 2.59. The Bertz CT molecular complexity index is 508. The quantitative estimate of drug-likeness (QED) is 0.580. The first kappa shape index (κ1) is 15.4. The first-order valence-corrected chi connectivity index (χ1v) is 7.48. The van der Waals surface area contributed by atoms with E-state index in [2.05, 4.69) is 5.32 Å². The van der Waals surface area contributed by atoms with Crippen LogP contribution in [0, 0.1) is 0 Å². The van der Waals surface area contributed by atoms with Crippen LogP contribution in [0.15, 0.2) is 12.1 Å². The Hall–Kier alpha value is -0.970. The topological polar surface area (TPSA) is 75.4 Å². The largest absolute Gasteiger partial charge is 0.399 e. The Balaban J connectivity index is 2.15. The lowest BCUT2D eigenvalue weighted by atomic mass is 10.1. The minimum Gasteiger partial charge on any atom is -0.399 e. The fourth-order valence-corrected chi connectivity index (χ4v) is 2.90. The molecule has 2 unspecified atom stereocenters. The number of aliphatic hydroxyl groups is 1. The summed E-state index contributed by atoms with van der Waals surface area (Å²) in [5, 5.41) is 13.3. The van der Waals surface area contributed by atoms with Crippen molar-refractivity contribution in [2.45, 2.75) is 44.2 Å². The number of carbonyl (C=O) groups excluding carboxylic acids is 1. The second-order valence-corrected chi connectivity index (χ2v) is 5.93. The molecule has 0 heterocycles. The van der Waals surface area contributed by atoms with Gasteiger partial charge in [-0.2, -0.15) is 0 Å². The van der Waals surface area contributed by atoms with E-state index in [1.54, 1.807) is 0 Å². The number of benzene rings is 1. The van der Waals surface area contributed by atoms with Crippen molar-refractivity contribution >= 4 is 34.8 Å². The van der Waals surface area contributed by atoms with Crippen molar-refractivity contribution in [2.24, 2.45) is 0 Å². The van der Waals surface area contributed by atoms with Gasteiger partial charge in [-0.05, 0) is 25.0 Å². The van der Waals surface area contributed by atoms with Gasteiger partial charge in [-0.3, -0.25) is 4.79 Å². The number of hydrogen-bond acceptors (Lipinski definition) is 3. The monoisotopic (exact) mass is 316 g/mol. The molecule has 2 atom stereocenters. The van der Waals surface area contributed by atoms with Gasteiger partial charge < -0.3 is 16.2 Å². The van der Waals surface area contributed by atoms with Crippen molar-refractivity contribution in [3.8, 4) is 0 Å². The maximum absolute atomic E-state index is 12.3. The van der Waals surface area contributed by atoms with Crippen LogP contribution >= 0.6 is 23.2 Å². The minimum atomic E-state index is -0.517. The molecular weight excluding hydrogens is 299 g/mol. The highest BCUT2D eigenvalue weighted by Crippen LogP contribution is 2.29. The molecule has 0 bridgehead atoms. The molecule has 20 heavy (non-hydrogen) atoms. The van der Waals surface area contributed by atoms with Crippen molar-refractivity contribution in [3.63, 3.8) is 0 Å². The van der Waals surface area contributed by atoms with Gasteiger partial charge >= 0.3 is 0 Å². The van der Waals surface area contributed by atoms with Gasteiger partial charge in [0.05, 0.1) is 27.8 Å². The SMILES string of the molecule is Nc1cc(Cl)c(Cl)c(C(=O)NC2CCCCCC2O)c1. The first-order valence-electron chi connectivity index (χ1n) is 6.72. The smallest absolute Gasteiger partial charge is 0.253 e. The Morgan fingerprint density at radius 1 is 1.25 bits per heavy atom. The molecule has 2 rings (SSSR count). The number of rotatable bonds is 2. The van der Waals surface area contributed by atoms with Crippen LogP contribution in [0.4, 0.5) is 5.69 Å². The van der Waals surface area contributed by atoms with Crippen LogP contribution in [0.5, 0.6) is 0 Å².